The third kappa shape index (κ3) is 6.44. The number of methoxy groups -OCH3 is 1. The Kier molecular flexibility index (Phi) is 8.36. The van der Waals surface area contributed by atoms with Crippen molar-refractivity contribution in [2.45, 2.75) is 39.0 Å². The van der Waals surface area contributed by atoms with Crippen LogP contribution in [0.15, 0.2) is 48.5 Å². The van der Waals surface area contributed by atoms with Gasteiger partial charge in [0.1, 0.15) is 11.5 Å². The quantitative estimate of drug-likeness (QED) is 0.333. The highest BCUT2D eigenvalue weighted by atomic mass is 16.5. The molecule has 0 unspecified atom stereocenters. The molecule has 0 bridgehead atoms. The van der Waals surface area contributed by atoms with Gasteiger partial charge in [0.05, 0.1) is 24.8 Å². The van der Waals surface area contributed by atoms with Gasteiger partial charge in [-0.25, -0.2) is 9.59 Å². The van der Waals surface area contributed by atoms with E-state index in [0.29, 0.717) is 18.1 Å². The second-order valence-corrected chi connectivity index (χ2v) is 6.16. The molecule has 0 atom stereocenters. The van der Waals surface area contributed by atoms with Gasteiger partial charge in [-0.2, -0.15) is 0 Å². The molecule has 0 N–H and O–H groups in total. The van der Waals surface area contributed by atoms with E-state index in [4.69, 9.17) is 14.2 Å². The van der Waals surface area contributed by atoms with Crippen LogP contribution in [0.3, 0.4) is 0 Å². The lowest BCUT2D eigenvalue weighted by atomic mass is 10.1. The van der Waals surface area contributed by atoms with Crippen LogP contribution in [0.25, 0.3) is 0 Å². The zero-order valence-electron chi connectivity index (χ0n) is 15.9. The lowest BCUT2D eigenvalue weighted by Crippen LogP contribution is -2.16. The average Bonchev–Trinajstić information content (AvgIpc) is 2.71. The molecule has 0 aliphatic carbocycles. The highest BCUT2D eigenvalue weighted by molar-refractivity contribution is 6.03. The van der Waals surface area contributed by atoms with Crippen molar-refractivity contribution in [3.8, 4) is 11.5 Å². The van der Waals surface area contributed by atoms with Crippen molar-refractivity contribution < 1.29 is 23.8 Å². The fraction of sp³-hybridized carbons (Fsp3) is 0.364. The summed E-state index contributed by atoms with van der Waals surface area (Å²) in [7, 11) is 1.56. The summed E-state index contributed by atoms with van der Waals surface area (Å²) in [6.45, 7) is 2.51. The predicted octanol–water partition coefficient (Wildman–Crippen LogP) is 5.04. The third-order valence-corrected chi connectivity index (χ3v) is 4.12. The van der Waals surface area contributed by atoms with E-state index in [2.05, 4.69) is 6.92 Å². The van der Waals surface area contributed by atoms with Crippen LogP contribution in [0.2, 0.25) is 0 Å². The van der Waals surface area contributed by atoms with Crippen molar-refractivity contribution in [1.82, 2.24) is 0 Å². The van der Waals surface area contributed by atoms with Crippen LogP contribution in [-0.4, -0.2) is 25.7 Å². The maximum Gasteiger partial charge on any atom is 0.344 e. The number of hydrogen-bond acceptors (Lipinski definition) is 5. The van der Waals surface area contributed by atoms with Gasteiger partial charge in [0.15, 0.2) is 0 Å². The average molecular weight is 370 g/mol. The van der Waals surface area contributed by atoms with Gasteiger partial charge < -0.3 is 14.2 Å². The topological polar surface area (TPSA) is 61.8 Å². The van der Waals surface area contributed by atoms with Crippen molar-refractivity contribution in [2.75, 3.05) is 13.7 Å². The fourth-order valence-corrected chi connectivity index (χ4v) is 2.59. The number of carbonyl (C=O) groups is 2. The zero-order valence-corrected chi connectivity index (χ0v) is 15.9. The first-order valence-electron chi connectivity index (χ1n) is 9.28. The lowest BCUT2D eigenvalue weighted by Gasteiger charge is -2.10. The van der Waals surface area contributed by atoms with Gasteiger partial charge in [-0.15, -0.1) is 0 Å². The van der Waals surface area contributed by atoms with Crippen molar-refractivity contribution in [1.29, 1.82) is 0 Å². The van der Waals surface area contributed by atoms with Gasteiger partial charge >= 0.3 is 11.9 Å². The summed E-state index contributed by atoms with van der Waals surface area (Å²) in [5, 5.41) is 0. The molecule has 0 aliphatic heterocycles. The van der Waals surface area contributed by atoms with E-state index >= 15 is 0 Å². The van der Waals surface area contributed by atoms with Gasteiger partial charge in [0, 0.05) is 0 Å². The summed E-state index contributed by atoms with van der Waals surface area (Å²) in [5.74, 6) is -0.0685. The van der Waals surface area contributed by atoms with Crippen LogP contribution >= 0.6 is 0 Å². The predicted molar refractivity (Wildman–Crippen MR) is 103 cm³/mol. The van der Waals surface area contributed by atoms with E-state index < -0.39 is 11.9 Å². The van der Waals surface area contributed by atoms with E-state index in [-0.39, 0.29) is 11.1 Å². The standard InChI is InChI=1S/C22H26O5/c1-3-4-5-6-9-16-26-21(23)19-10-7-8-11-20(19)22(24)27-18-14-12-17(25-2)13-15-18/h7-8,10-15H,3-6,9,16H2,1-2H3. The first-order valence-corrected chi connectivity index (χ1v) is 9.28. The summed E-state index contributed by atoms with van der Waals surface area (Å²) >= 11 is 0. The second-order valence-electron chi connectivity index (χ2n) is 6.16. The molecule has 0 fully saturated rings. The molecule has 2 aromatic rings. The molecular formula is C22H26O5. The normalized spacial score (nSPS) is 10.3. The van der Waals surface area contributed by atoms with E-state index in [0.717, 1.165) is 19.3 Å². The molecule has 0 saturated carbocycles. The minimum Gasteiger partial charge on any atom is -0.497 e. The molecule has 0 radical (unpaired) electrons. The minimum atomic E-state index is -0.601. The summed E-state index contributed by atoms with van der Waals surface area (Å²) < 4.78 is 15.8. The molecule has 0 aliphatic rings. The Hall–Kier alpha value is -2.82. The molecule has 0 heterocycles. The molecule has 0 aromatic heterocycles. The molecule has 0 amide bonds. The van der Waals surface area contributed by atoms with Crippen LogP contribution in [0.4, 0.5) is 0 Å². The maximum atomic E-state index is 12.5. The Balaban J connectivity index is 1.96. The van der Waals surface area contributed by atoms with E-state index in [1.165, 1.54) is 12.8 Å². The van der Waals surface area contributed by atoms with Crippen molar-refractivity contribution >= 4 is 11.9 Å². The SMILES string of the molecule is CCCCCCCOC(=O)c1ccccc1C(=O)Oc1ccc(OC)cc1. The summed E-state index contributed by atoms with van der Waals surface area (Å²) in [4.78, 5) is 24.8. The second kappa shape index (κ2) is 11.0. The molecule has 0 spiro atoms. The van der Waals surface area contributed by atoms with Gasteiger partial charge in [0.25, 0.3) is 0 Å². The Morgan fingerprint density at radius 2 is 1.37 bits per heavy atom. The van der Waals surface area contributed by atoms with Crippen LogP contribution in [-0.2, 0) is 4.74 Å². The Morgan fingerprint density at radius 1 is 0.778 bits per heavy atom. The van der Waals surface area contributed by atoms with Crippen LogP contribution in [0.1, 0.15) is 59.7 Å². The number of unbranched alkanes of at least 4 members (excludes halogenated alkanes) is 4. The Labute approximate surface area is 160 Å². The highest BCUT2D eigenvalue weighted by Crippen LogP contribution is 2.19. The van der Waals surface area contributed by atoms with Gasteiger partial charge in [-0.1, -0.05) is 44.7 Å². The fourth-order valence-electron chi connectivity index (χ4n) is 2.59. The summed E-state index contributed by atoms with van der Waals surface area (Å²) in [5.41, 5.74) is 0.397. The van der Waals surface area contributed by atoms with Crippen molar-refractivity contribution in [3.63, 3.8) is 0 Å². The van der Waals surface area contributed by atoms with E-state index in [1.54, 1.807) is 55.6 Å². The first-order chi connectivity index (χ1) is 13.2. The number of ether oxygens (including phenoxy) is 3. The first kappa shape index (κ1) is 20.5. The maximum absolute atomic E-state index is 12.5. The third-order valence-electron chi connectivity index (χ3n) is 4.12. The molecular weight excluding hydrogens is 344 g/mol. The number of hydrogen-bond donors (Lipinski definition) is 0. The highest BCUT2D eigenvalue weighted by Gasteiger charge is 2.19. The number of benzene rings is 2. The van der Waals surface area contributed by atoms with Crippen LogP contribution in [0, 0.1) is 0 Å². The van der Waals surface area contributed by atoms with Gasteiger partial charge in [-0.3, -0.25) is 0 Å². The summed E-state index contributed by atoms with van der Waals surface area (Å²) in [6.07, 6.45) is 5.35. The minimum absolute atomic E-state index is 0.185. The molecule has 2 rings (SSSR count). The summed E-state index contributed by atoms with van der Waals surface area (Å²) in [6, 6.07) is 13.2. The van der Waals surface area contributed by atoms with E-state index in [9.17, 15) is 9.59 Å². The largest absolute Gasteiger partial charge is 0.497 e. The molecule has 5 heteroatoms. The van der Waals surface area contributed by atoms with Crippen molar-refractivity contribution in [2.24, 2.45) is 0 Å². The number of esters is 2. The van der Waals surface area contributed by atoms with Gasteiger partial charge in [-0.05, 0) is 42.8 Å². The lowest BCUT2D eigenvalue weighted by molar-refractivity contribution is 0.0489. The zero-order chi connectivity index (χ0) is 19.5. The Bertz CT molecular complexity index is 737. The molecule has 144 valence electrons. The molecule has 0 saturated heterocycles. The molecule has 2 aromatic carbocycles. The smallest absolute Gasteiger partial charge is 0.344 e. The number of rotatable bonds is 10. The Morgan fingerprint density at radius 3 is 2.00 bits per heavy atom. The van der Waals surface area contributed by atoms with E-state index in [1.807, 2.05) is 0 Å². The molecule has 5 nitrogen and oxygen atoms in total. The van der Waals surface area contributed by atoms with Crippen LogP contribution in [0.5, 0.6) is 11.5 Å². The van der Waals surface area contributed by atoms with Crippen LogP contribution < -0.4 is 9.47 Å². The van der Waals surface area contributed by atoms with Crippen molar-refractivity contribution in [3.05, 3.63) is 59.7 Å². The number of carbonyl (C=O) groups excluding carboxylic acids is 2. The molecule has 27 heavy (non-hydrogen) atoms. The van der Waals surface area contributed by atoms with Gasteiger partial charge in [0.2, 0.25) is 0 Å². The monoisotopic (exact) mass is 370 g/mol.